The first-order valence-corrected chi connectivity index (χ1v) is 11.1. The van der Waals surface area contributed by atoms with Gasteiger partial charge in [-0.15, -0.1) is 12.4 Å². The summed E-state index contributed by atoms with van der Waals surface area (Å²) in [6.45, 7) is 2.95. The van der Waals surface area contributed by atoms with E-state index in [1.54, 1.807) is 0 Å². The maximum absolute atomic E-state index is 13.1. The first-order valence-electron chi connectivity index (χ1n) is 11.1. The molecule has 1 atom stereocenters. The van der Waals surface area contributed by atoms with Gasteiger partial charge in [0.1, 0.15) is 24.3 Å². The predicted molar refractivity (Wildman–Crippen MR) is 129 cm³/mol. The summed E-state index contributed by atoms with van der Waals surface area (Å²) in [6.07, 6.45) is 2.54. The highest BCUT2D eigenvalue weighted by molar-refractivity contribution is 5.85. The maximum Gasteiger partial charge on any atom is 0.123 e. The molecular formula is C27H31ClFNO2. The minimum absolute atomic E-state index is 0. The van der Waals surface area contributed by atoms with Crippen molar-refractivity contribution in [2.75, 3.05) is 26.2 Å². The number of aliphatic hydroxyl groups is 1. The molecule has 32 heavy (non-hydrogen) atoms. The molecule has 3 nitrogen and oxygen atoms in total. The van der Waals surface area contributed by atoms with Gasteiger partial charge in [-0.2, -0.15) is 0 Å². The topological polar surface area (TPSA) is 32.7 Å². The second kappa shape index (κ2) is 12.0. The van der Waals surface area contributed by atoms with Crippen molar-refractivity contribution in [3.05, 3.63) is 101 Å². The number of rotatable bonds is 8. The monoisotopic (exact) mass is 455 g/mol. The standard InChI is InChI=1S/C27H30FNO2.ClH/c28-25-12-8-22(9-13-25)18-21-6-10-23(11-7-21)24-14-16-29(17-15-24)19-26(30)20-31-27-4-2-1-3-5-27;/h1-13,24,26,30H,14-20H2;1H. The van der Waals surface area contributed by atoms with Crippen molar-refractivity contribution in [3.63, 3.8) is 0 Å². The minimum Gasteiger partial charge on any atom is -0.491 e. The highest BCUT2D eigenvalue weighted by Gasteiger charge is 2.22. The number of hydrogen-bond donors (Lipinski definition) is 1. The SMILES string of the molecule is Cl.OC(COc1ccccc1)CN1CCC(c2ccc(Cc3ccc(F)cc3)cc2)CC1. The van der Waals surface area contributed by atoms with Crippen molar-refractivity contribution < 1.29 is 14.2 Å². The lowest BCUT2D eigenvalue weighted by molar-refractivity contribution is 0.0594. The molecule has 0 bridgehead atoms. The minimum atomic E-state index is -0.484. The summed E-state index contributed by atoms with van der Waals surface area (Å²) in [4.78, 5) is 2.33. The summed E-state index contributed by atoms with van der Waals surface area (Å²) in [5.41, 5.74) is 3.75. The molecule has 1 aliphatic heterocycles. The fourth-order valence-corrected chi connectivity index (χ4v) is 4.25. The van der Waals surface area contributed by atoms with E-state index in [9.17, 15) is 9.50 Å². The summed E-state index contributed by atoms with van der Waals surface area (Å²) in [5.74, 6) is 1.17. The second-order valence-corrected chi connectivity index (χ2v) is 8.40. The highest BCUT2D eigenvalue weighted by atomic mass is 35.5. The van der Waals surface area contributed by atoms with E-state index in [0.29, 0.717) is 19.1 Å². The molecule has 4 rings (SSSR count). The number of ether oxygens (including phenoxy) is 1. The Morgan fingerprint density at radius 3 is 2.09 bits per heavy atom. The molecule has 1 aliphatic rings. The third kappa shape index (κ3) is 7.06. The Bertz CT molecular complexity index is 926. The summed E-state index contributed by atoms with van der Waals surface area (Å²) < 4.78 is 18.7. The molecule has 1 unspecified atom stereocenters. The number of aliphatic hydroxyl groups excluding tert-OH is 1. The molecule has 0 aliphatic carbocycles. The highest BCUT2D eigenvalue weighted by Crippen LogP contribution is 2.28. The molecule has 5 heteroatoms. The number of hydrogen-bond acceptors (Lipinski definition) is 3. The number of piperidine rings is 1. The van der Waals surface area contributed by atoms with Crippen LogP contribution in [0.3, 0.4) is 0 Å². The van der Waals surface area contributed by atoms with Crippen LogP contribution in [0.15, 0.2) is 78.9 Å². The Morgan fingerprint density at radius 2 is 1.47 bits per heavy atom. The molecule has 1 fully saturated rings. The normalized spacial score (nSPS) is 15.7. The van der Waals surface area contributed by atoms with Crippen LogP contribution in [0.2, 0.25) is 0 Å². The van der Waals surface area contributed by atoms with Crippen molar-refractivity contribution in [1.29, 1.82) is 0 Å². The molecule has 0 spiro atoms. The van der Waals surface area contributed by atoms with Crippen molar-refractivity contribution in [2.45, 2.75) is 31.3 Å². The average molecular weight is 456 g/mol. The van der Waals surface area contributed by atoms with Gasteiger partial charge in [-0.3, -0.25) is 0 Å². The summed E-state index contributed by atoms with van der Waals surface area (Å²) in [7, 11) is 0. The van der Waals surface area contributed by atoms with Crippen LogP contribution in [0.1, 0.15) is 35.4 Å². The van der Waals surface area contributed by atoms with E-state index < -0.39 is 6.10 Å². The Labute approximate surface area is 196 Å². The molecule has 1 heterocycles. The largest absolute Gasteiger partial charge is 0.491 e. The van der Waals surface area contributed by atoms with Gasteiger partial charge < -0.3 is 14.7 Å². The first-order chi connectivity index (χ1) is 15.2. The van der Waals surface area contributed by atoms with Crippen LogP contribution in [0.4, 0.5) is 4.39 Å². The second-order valence-electron chi connectivity index (χ2n) is 8.40. The van der Waals surface area contributed by atoms with Crippen molar-refractivity contribution in [2.24, 2.45) is 0 Å². The van der Waals surface area contributed by atoms with E-state index in [1.165, 1.54) is 23.3 Å². The zero-order chi connectivity index (χ0) is 21.5. The average Bonchev–Trinajstić information content (AvgIpc) is 2.81. The van der Waals surface area contributed by atoms with E-state index in [2.05, 4.69) is 29.2 Å². The van der Waals surface area contributed by atoms with Crippen LogP contribution in [0, 0.1) is 5.82 Å². The van der Waals surface area contributed by atoms with E-state index in [4.69, 9.17) is 4.74 Å². The van der Waals surface area contributed by atoms with E-state index in [1.807, 2.05) is 42.5 Å². The molecule has 170 valence electrons. The van der Waals surface area contributed by atoms with Crippen LogP contribution >= 0.6 is 12.4 Å². The lowest BCUT2D eigenvalue weighted by Gasteiger charge is -2.33. The van der Waals surface area contributed by atoms with Crippen molar-refractivity contribution in [1.82, 2.24) is 4.90 Å². The number of para-hydroxylation sites is 1. The van der Waals surface area contributed by atoms with Gasteiger partial charge in [0, 0.05) is 6.54 Å². The van der Waals surface area contributed by atoms with E-state index in [-0.39, 0.29) is 18.2 Å². The van der Waals surface area contributed by atoms with Gasteiger partial charge in [0.2, 0.25) is 0 Å². The number of nitrogens with zero attached hydrogens (tertiary/aromatic N) is 1. The van der Waals surface area contributed by atoms with Crippen LogP contribution in [-0.4, -0.2) is 42.4 Å². The maximum atomic E-state index is 13.1. The van der Waals surface area contributed by atoms with Crippen LogP contribution < -0.4 is 4.74 Å². The first kappa shape index (κ1) is 24.2. The number of halogens is 2. The molecule has 0 aromatic heterocycles. The third-order valence-corrected chi connectivity index (χ3v) is 6.01. The lowest BCUT2D eigenvalue weighted by Crippen LogP contribution is -2.40. The van der Waals surface area contributed by atoms with E-state index >= 15 is 0 Å². The van der Waals surface area contributed by atoms with Gasteiger partial charge in [-0.1, -0.05) is 54.6 Å². The van der Waals surface area contributed by atoms with Gasteiger partial charge in [0.25, 0.3) is 0 Å². The van der Waals surface area contributed by atoms with Gasteiger partial charge in [-0.05, 0) is 79.2 Å². The molecule has 0 radical (unpaired) electrons. The third-order valence-electron chi connectivity index (χ3n) is 6.01. The molecule has 1 saturated heterocycles. The van der Waals surface area contributed by atoms with Gasteiger partial charge >= 0.3 is 0 Å². The van der Waals surface area contributed by atoms with Crippen LogP contribution in [-0.2, 0) is 6.42 Å². The summed E-state index contributed by atoms with van der Waals surface area (Å²) >= 11 is 0. The Morgan fingerprint density at radius 1 is 0.875 bits per heavy atom. The number of likely N-dealkylation sites (tertiary alicyclic amines) is 1. The summed E-state index contributed by atoms with van der Waals surface area (Å²) in [6, 6.07) is 25.2. The van der Waals surface area contributed by atoms with Crippen LogP contribution in [0.25, 0.3) is 0 Å². The van der Waals surface area contributed by atoms with Crippen molar-refractivity contribution >= 4 is 12.4 Å². The fourth-order valence-electron chi connectivity index (χ4n) is 4.25. The molecule has 0 amide bonds. The molecule has 0 saturated carbocycles. The van der Waals surface area contributed by atoms with Crippen LogP contribution in [0.5, 0.6) is 5.75 Å². The van der Waals surface area contributed by atoms with Gasteiger partial charge in [0.05, 0.1) is 0 Å². The Balaban J connectivity index is 0.00000289. The smallest absolute Gasteiger partial charge is 0.123 e. The van der Waals surface area contributed by atoms with E-state index in [0.717, 1.165) is 43.7 Å². The Kier molecular flexibility index (Phi) is 9.10. The summed E-state index contributed by atoms with van der Waals surface area (Å²) in [5, 5.41) is 10.3. The number of benzene rings is 3. The van der Waals surface area contributed by atoms with Gasteiger partial charge in [0.15, 0.2) is 0 Å². The number of β-amino-alcohol motifs (C(OH)–C–C–N with tert-alkyl or cyclic N) is 1. The quantitative estimate of drug-likeness (QED) is 0.489. The molecular weight excluding hydrogens is 425 g/mol. The fraction of sp³-hybridized carbons (Fsp3) is 0.333. The zero-order valence-corrected chi connectivity index (χ0v) is 19.0. The van der Waals surface area contributed by atoms with Crippen molar-refractivity contribution in [3.8, 4) is 5.75 Å². The lowest BCUT2D eigenvalue weighted by atomic mass is 9.88. The molecule has 3 aromatic rings. The molecule has 3 aromatic carbocycles. The molecule has 1 N–H and O–H groups in total. The zero-order valence-electron chi connectivity index (χ0n) is 18.2. The predicted octanol–water partition coefficient (Wildman–Crippen LogP) is 5.46. The van der Waals surface area contributed by atoms with Gasteiger partial charge in [-0.25, -0.2) is 4.39 Å². The Hall–Kier alpha value is -2.40.